The van der Waals surface area contributed by atoms with Gasteiger partial charge in [-0.15, -0.1) is 0 Å². The van der Waals surface area contributed by atoms with Crippen LogP contribution in [0.2, 0.25) is 0 Å². The van der Waals surface area contributed by atoms with E-state index in [9.17, 15) is 9.90 Å². The number of aliphatic hydroxyl groups is 1. The summed E-state index contributed by atoms with van der Waals surface area (Å²) in [6, 6.07) is 9.81. The molecule has 2 fully saturated rings. The van der Waals surface area contributed by atoms with E-state index in [1.165, 1.54) is 12.8 Å². The predicted molar refractivity (Wildman–Crippen MR) is 97.2 cm³/mol. The number of hydrogen-bond acceptors (Lipinski definition) is 4. The monoisotopic (exact) mass is 346 g/mol. The molecule has 1 heterocycles. The smallest absolute Gasteiger partial charge is 0.410 e. The molecule has 2 aliphatic rings. The fourth-order valence-corrected chi connectivity index (χ4v) is 3.89. The molecular weight excluding hydrogens is 316 g/mol. The van der Waals surface area contributed by atoms with Crippen LogP contribution in [-0.2, 0) is 11.3 Å². The number of rotatable bonds is 5. The number of carbonyl (C=O) groups excluding carboxylic acids is 1. The van der Waals surface area contributed by atoms with Crippen molar-refractivity contribution >= 4 is 6.09 Å². The normalized spacial score (nSPS) is 24.9. The van der Waals surface area contributed by atoms with Crippen LogP contribution in [-0.4, -0.2) is 60.3 Å². The van der Waals surface area contributed by atoms with Crippen LogP contribution in [0.15, 0.2) is 30.3 Å². The maximum Gasteiger partial charge on any atom is 0.410 e. The van der Waals surface area contributed by atoms with E-state index >= 15 is 0 Å². The standard InChI is InChI=1S/C20H30N2O3/c23-15-18-8-6-17(7-9-18)14-21-10-12-22(13-11-21)20(24)25-16-19-4-2-1-3-5-19/h1-5,17-18,23H,6-16H2. The minimum atomic E-state index is -0.202. The molecule has 3 rings (SSSR count). The highest BCUT2D eigenvalue weighted by Gasteiger charge is 2.26. The van der Waals surface area contributed by atoms with Gasteiger partial charge in [-0.3, -0.25) is 4.90 Å². The van der Waals surface area contributed by atoms with Crippen molar-refractivity contribution in [3.8, 4) is 0 Å². The average Bonchev–Trinajstić information content (AvgIpc) is 2.68. The Kier molecular flexibility index (Phi) is 6.70. The van der Waals surface area contributed by atoms with Gasteiger partial charge in [-0.2, -0.15) is 0 Å². The molecule has 1 aromatic carbocycles. The number of aliphatic hydroxyl groups excluding tert-OH is 1. The number of nitrogens with zero attached hydrogens (tertiary/aromatic N) is 2. The van der Waals surface area contributed by atoms with Crippen LogP contribution in [0.1, 0.15) is 31.2 Å². The van der Waals surface area contributed by atoms with Crippen LogP contribution in [0, 0.1) is 11.8 Å². The zero-order valence-corrected chi connectivity index (χ0v) is 15.0. The zero-order chi connectivity index (χ0) is 17.5. The Bertz CT molecular complexity index is 521. The highest BCUT2D eigenvalue weighted by molar-refractivity contribution is 5.67. The Morgan fingerprint density at radius 2 is 1.64 bits per heavy atom. The molecule has 1 saturated heterocycles. The lowest BCUT2D eigenvalue weighted by molar-refractivity contribution is 0.0633. The molecule has 0 bridgehead atoms. The molecule has 1 aliphatic carbocycles. The molecule has 0 spiro atoms. The van der Waals surface area contributed by atoms with Crippen molar-refractivity contribution in [2.24, 2.45) is 11.8 Å². The molecule has 1 aromatic rings. The van der Waals surface area contributed by atoms with E-state index in [0.29, 0.717) is 19.1 Å². The molecular formula is C20H30N2O3. The molecule has 1 amide bonds. The summed E-state index contributed by atoms with van der Waals surface area (Å²) >= 11 is 0. The SMILES string of the molecule is O=C(OCc1ccccc1)N1CCN(CC2CCC(CO)CC2)CC1. The molecule has 0 radical (unpaired) electrons. The van der Waals surface area contributed by atoms with Gasteiger partial charge in [-0.1, -0.05) is 30.3 Å². The van der Waals surface area contributed by atoms with Gasteiger partial charge in [0.25, 0.3) is 0 Å². The van der Waals surface area contributed by atoms with Crippen LogP contribution >= 0.6 is 0 Å². The summed E-state index contributed by atoms with van der Waals surface area (Å²) in [5, 5.41) is 9.24. The van der Waals surface area contributed by atoms with Gasteiger partial charge in [0.05, 0.1) is 0 Å². The van der Waals surface area contributed by atoms with Crippen molar-refractivity contribution in [3.63, 3.8) is 0 Å². The first-order valence-electron chi connectivity index (χ1n) is 9.53. The molecule has 1 aliphatic heterocycles. The summed E-state index contributed by atoms with van der Waals surface area (Å²) in [6.45, 7) is 5.18. The molecule has 1 saturated carbocycles. The summed E-state index contributed by atoms with van der Waals surface area (Å²) in [6.07, 6.45) is 4.57. The van der Waals surface area contributed by atoms with Gasteiger partial charge >= 0.3 is 6.09 Å². The lowest BCUT2D eigenvalue weighted by atomic mass is 9.82. The molecule has 5 nitrogen and oxygen atoms in total. The summed E-state index contributed by atoms with van der Waals surface area (Å²) in [7, 11) is 0. The summed E-state index contributed by atoms with van der Waals surface area (Å²) in [5.74, 6) is 1.27. The lowest BCUT2D eigenvalue weighted by Gasteiger charge is -2.37. The molecule has 5 heteroatoms. The minimum Gasteiger partial charge on any atom is -0.445 e. The third kappa shape index (κ3) is 5.44. The highest BCUT2D eigenvalue weighted by atomic mass is 16.6. The van der Waals surface area contributed by atoms with Crippen molar-refractivity contribution < 1.29 is 14.6 Å². The van der Waals surface area contributed by atoms with Gasteiger partial charge in [0.15, 0.2) is 0 Å². The van der Waals surface area contributed by atoms with Gasteiger partial charge in [0, 0.05) is 39.3 Å². The van der Waals surface area contributed by atoms with E-state index < -0.39 is 0 Å². The first-order valence-corrected chi connectivity index (χ1v) is 9.53. The summed E-state index contributed by atoms with van der Waals surface area (Å²) in [4.78, 5) is 16.5. The van der Waals surface area contributed by atoms with Gasteiger partial charge in [-0.05, 0) is 43.1 Å². The fourth-order valence-electron chi connectivity index (χ4n) is 3.89. The van der Waals surface area contributed by atoms with Gasteiger partial charge < -0.3 is 14.7 Å². The maximum atomic E-state index is 12.2. The maximum absolute atomic E-state index is 12.2. The van der Waals surface area contributed by atoms with Crippen molar-refractivity contribution in [1.82, 2.24) is 9.80 Å². The second kappa shape index (κ2) is 9.20. The second-order valence-corrected chi connectivity index (χ2v) is 7.40. The van der Waals surface area contributed by atoms with E-state index in [0.717, 1.165) is 57.0 Å². The topological polar surface area (TPSA) is 53.0 Å². The third-order valence-electron chi connectivity index (χ3n) is 5.58. The first-order chi connectivity index (χ1) is 12.2. The number of benzene rings is 1. The van der Waals surface area contributed by atoms with Crippen molar-refractivity contribution in [2.45, 2.75) is 32.3 Å². The van der Waals surface area contributed by atoms with Crippen LogP contribution < -0.4 is 0 Å². The third-order valence-corrected chi connectivity index (χ3v) is 5.58. The Hall–Kier alpha value is -1.59. The first kappa shape index (κ1) is 18.2. The average molecular weight is 346 g/mol. The number of carbonyl (C=O) groups is 1. The Balaban J connectivity index is 1.35. The molecule has 0 atom stereocenters. The lowest BCUT2D eigenvalue weighted by Crippen LogP contribution is -2.50. The number of amides is 1. The number of hydrogen-bond donors (Lipinski definition) is 1. The quantitative estimate of drug-likeness (QED) is 0.891. The number of ether oxygens (including phenoxy) is 1. The van der Waals surface area contributed by atoms with E-state index in [1.54, 1.807) is 0 Å². The van der Waals surface area contributed by atoms with Crippen LogP contribution in [0.5, 0.6) is 0 Å². The summed E-state index contributed by atoms with van der Waals surface area (Å²) in [5.41, 5.74) is 1.02. The molecule has 25 heavy (non-hydrogen) atoms. The van der Waals surface area contributed by atoms with Crippen molar-refractivity contribution in [1.29, 1.82) is 0 Å². The fraction of sp³-hybridized carbons (Fsp3) is 0.650. The Morgan fingerprint density at radius 3 is 2.28 bits per heavy atom. The van der Waals surface area contributed by atoms with Crippen LogP contribution in [0.4, 0.5) is 4.79 Å². The van der Waals surface area contributed by atoms with E-state index in [-0.39, 0.29) is 6.09 Å². The van der Waals surface area contributed by atoms with Crippen LogP contribution in [0.3, 0.4) is 0 Å². The Labute approximate surface area is 150 Å². The van der Waals surface area contributed by atoms with E-state index in [2.05, 4.69) is 4.90 Å². The van der Waals surface area contributed by atoms with E-state index in [1.807, 2.05) is 35.2 Å². The Morgan fingerprint density at radius 1 is 1.00 bits per heavy atom. The molecule has 0 aromatic heterocycles. The van der Waals surface area contributed by atoms with E-state index in [4.69, 9.17) is 4.74 Å². The van der Waals surface area contributed by atoms with Crippen molar-refractivity contribution in [3.05, 3.63) is 35.9 Å². The predicted octanol–water partition coefficient (Wildman–Crippen LogP) is 2.74. The largest absolute Gasteiger partial charge is 0.445 e. The zero-order valence-electron chi connectivity index (χ0n) is 15.0. The van der Waals surface area contributed by atoms with Gasteiger partial charge in [0.1, 0.15) is 6.61 Å². The van der Waals surface area contributed by atoms with Gasteiger partial charge in [-0.25, -0.2) is 4.79 Å². The van der Waals surface area contributed by atoms with Crippen molar-refractivity contribution in [2.75, 3.05) is 39.3 Å². The summed E-state index contributed by atoms with van der Waals surface area (Å²) < 4.78 is 5.42. The molecule has 138 valence electrons. The minimum absolute atomic E-state index is 0.202. The van der Waals surface area contributed by atoms with Crippen LogP contribution in [0.25, 0.3) is 0 Å². The second-order valence-electron chi connectivity index (χ2n) is 7.40. The molecule has 0 unspecified atom stereocenters. The highest BCUT2D eigenvalue weighted by Crippen LogP contribution is 2.29. The molecule has 1 N–H and O–H groups in total. The number of piperazine rings is 1. The van der Waals surface area contributed by atoms with Gasteiger partial charge in [0.2, 0.25) is 0 Å².